The van der Waals surface area contributed by atoms with Gasteiger partial charge in [0.25, 0.3) is 0 Å². The van der Waals surface area contributed by atoms with Gasteiger partial charge in [-0.1, -0.05) is 12.1 Å². The highest BCUT2D eigenvalue weighted by Crippen LogP contribution is 2.25. The lowest BCUT2D eigenvalue weighted by atomic mass is 10.2. The van der Waals surface area contributed by atoms with Crippen molar-refractivity contribution >= 4 is 22.7 Å². The number of furan rings is 1. The smallest absolute Gasteiger partial charge is 0.227 e. The van der Waals surface area contributed by atoms with E-state index in [1.807, 2.05) is 36.4 Å². The summed E-state index contributed by atoms with van der Waals surface area (Å²) in [6, 6.07) is 12.0. The molecule has 0 amide bonds. The fraction of sp³-hybridized carbons (Fsp3) is 0.294. The van der Waals surface area contributed by atoms with E-state index in [0.717, 1.165) is 41.5 Å². The summed E-state index contributed by atoms with van der Waals surface area (Å²) in [5.41, 5.74) is 0.973. The molecule has 0 radical (unpaired) electrons. The van der Waals surface area contributed by atoms with E-state index in [1.54, 1.807) is 6.26 Å². The summed E-state index contributed by atoms with van der Waals surface area (Å²) in [6.45, 7) is 2.69. The molecule has 0 unspecified atom stereocenters. The van der Waals surface area contributed by atoms with Crippen molar-refractivity contribution in [3.05, 3.63) is 48.4 Å². The normalized spacial score (nSPS) is 14.6. The highest BCUT2D eigenvalue weighted by atomic mass is 16.3. The van der Waals surface area contributed by atoms with Crippen LogP contribution in [0.25, 0.3) is 10.9 Å². The first kappa shape index (κ1) is 13.1. The number of rotatable bonds is 4. The quantitative estimate of drug-likeness (QED) is 0.799. The van der Waals surface area contributed by atoms with Gasteiger partial charge in [-0.05, 0) is 37.1 Å². The predicted molar refractivity (Wildman–Crippen MR) is 87.0 cm³/mol. The van der Waals surface area contributed by atoms with Crippen LogP contribution in [0.3, 0.4) is 0 Å². The largest absolute Gasteiger partial charge is 0.467 e. The zero-order chi connectivity index (χ0) is 14.8. The van der Waals surface area contributed by atoms with Crippen LogP contribution in [0.5, 0.6) is 0 Å². The van der Waals surface area contributed by atoms with Gasteiger partial charge in [-0.25, -0.2) is 4.98 Å². The molecule has 22 heavy (non-hydrogen) atoms. The summed E-state index contributed by atoms with van der Waals surface area (Å²) < 4.78 is 5.38. The molecule has 1 aliphatic heterocycles. The van der Waals surface area contributed by atoms with Gasteiger partial charge in [0, 0.05) is 18.5 Å². The van der Waals surface area contributed by atoms with Crippen LogP contribution in [0, 0.1) is 0 Å². The van der Waals surface area contributed by atoms with Gasteiger partial charge in [-0.3, -0.25) is 0 Å². The van der Waals surface area contributed by atoms with Crippen LogP contribution in [0.15, 0.2) is 47.1 Å². The summed E-state index contributed by atoms with van der Waals surface area (Å²) in [7, 11) is 0. The summed E-state index contributed by atoms with van der Waals surface area (Å²) in [5.74, 6) is 2.58. The molecule has 2 aromatic heterocycles. The third-order valence-corrected chi connectivity index (χ3v) is 3.99. The summed E-state index contributed by atoms with van der Waals surface area (Å²) >= 11 is 0. The molecule has 0 spiro atoms. The number of para-hydroxylation sites is 1. The van der Waals surface area contributed by atoms with Crippen molar-refractivity contribution in [3.63, 3.8) is 0 Å². The molecule has 5 heteroatoms. The Morgan fingerprint density at radius 3 is 2.73 bits per heavy atom. The lowest BCUT2D eigenvalue weighted by molar-refractivity contribution is 0.518. The Morgan fingerprint density at radius 2 is 1.91 bits per heavy atom. The maximum absolute atomic E-state index is 5.38. The second kappa shape index (κ2) is 5.67. The van der Waals surface area contributed by atoms with Crippen molar-refractivity contribution in [2.24, 2.45) is 0 Å². The number of anilines is 2. The van der Waals surface area contributed by atoms with Crippen LogP contribution >= 0.6 is 0 Å². The third-order valence-electron chi connectivity index (χ3n) is 3.99. The van der Waals surface area contributed by atoms with Gasteiger partial charge in [-0.15, -0.1) is 0 Å². The maximum atomic E-state index is 5.38. The minimum atomic E-state index is 0.618. The molecule has 0 atom stereocenters. The second-order valence-corrected chi connectivity index (χ2v) is 5.52. The Balaban J connectivity index is 1.70. The third kappa shape index (κ3) is 2.50. The molecule has 1 aliphatic rings. The molecule has 3 aromatic rings. The molecular weight excluding hydrogens is 276 g/mol. The van der Waals surface area contributed by atoms with Crippen molar-refractivity contribution in [1.29, 1.82) is 0 Å². The average Bonchev–Trinajstić information content (AvgIpc) is 3.25. The fourth-order valence-corrected chi connectivity index (χ4v) is 2.84. The number of benzene rings is 1. The van der Waals surface area contributed by atoms with Gasteiger partial charge >= 0.3 is 0 Å². The molecule has 1 N–H and O–H groups in total. The van der Waals surface area contributed by atoms with Gasteiger partial charge in [0.05, 0.1) is 18.3 Å². The first-order valence-corrected chi connectivity index (χ1v) is 7.68. The summed E-state index contributed by atoms with van der Waals surface area (Å²) in [5, 5.41) is 4.42. The standard InChI is InChI=1S/C17H18N4O/c1-2-8-15-14(7-1)16(18-12-13-6-5-11-22-13)20-17(19-15)21-9-3-4-10-21/h1-2,5-8,11H,3-4,9-10,12H2,(H,18,19,20). The molecule has 0 bridgehead atoms. The van der Waals surface area contributed by atoms with E-state index in [2.05, 4.69) is 10.2 Å². The SMILES string of the molecule is c1coc(CNc2nc(N3CCCC3)nc3ccccc23)c1. The molecule has 0 aliphatic carbocycles. The number of fused-ring (bicyclic) bond motifs is 1. The van der Waals surface area contributed by atoms with E-state index in [9.17, 15) is 0 Å². The van der Waals surface area contributed by atoms with E-state index in [0.29, 0.717) is 6.54 Å². The van der Waals surface area contributed by atoms with Gasteiger partial charge in [0.1, 0.15) is 11.6 Å². The summed E-state index contributed by atoms with van der Waals surface area (Å²) in [4.78, 5) is 11.7. The molecule has 1 aromatic carbocycles. The number of nitrogens with zero attached hydrogens (tertiary/aromatic N) is 3. The number of hydrogen-bond donors (Lipinski definition) is 1. The Hall–Kier alpha value is -2.56. The molecule has 3 heterocycles. The lowest BCUT2D eigenvalue weighted by Crippen LogP contribution is -2.21. The van der Waals surface area contributed by atoms with E-state index in [-0.39, 0.29) is 0 Å². The van der Waals surface area contributed by atoms with Gasteiger partial charge in [-0.2, -0.15) is 4.98 Å². The van der Waals surface area contributed by atoms with Gasteiger partial charge in [0.2, 0.25) is 5.95 Å². The maximum Gasteiger partial charge on any atom is 0.227 e. The molecule has 5 nitrogen and oxygen atoms in total. The molecule has 1 fully saturated rings. The minimum absolute atomic E-state index is 0.618. The molecule has 1 saturated heterocycles. The Morgan fingerprint density at radius 1 is 1.05 bits per heavy atom. The average molecular weight is 294 g/mol. The Labute approximate surface area is 129 Å². The molecule has 4 rings (SSSR count). The van der Waals surface area contributed by atoms with Crippen molar-refractivity contribution in [3.8, 4) is 0 Å². The van der Waals surface area contributed by atoms with Crippen LogP contribution in [0.1, 0.15) is 18.6 Å². The van der Waals surface area contributed by atoms with Crippen molar-refractivity contribution in [2.45, 2.75) is 19.4 Å². The van der Waals surface area contributed by atoms with Gasteiger partial charge in [0.15, 0.2) is 0 Å². The zero-order valence-corrected chi connectivity index (χ0v) is 12.3. The van der Waals surface area contributed by atoms with Crippen LogP contribution in [0.4, 0.5) is 11.8 Å². The van der Waals surface area contributed by atoms with Gasteiger partial charge < -0.3 is 14.6 Å². The van der Waals surface area contributed by atoms with E-state index < -0.39 is 0 Å². The molecule has 0 saturated carbocycles. The van der Waals surface area contributed by atoms with Crippen molar-refractivity contribution in [2.75, 3.05) is 23.3 Å². The monoisotopic (exact) mass is 294 g/mol. The van der Waals surface area contributed by atoms with Crippen molar-refractivity contribution < 1.29 is 4.42 Å². The zero-order valence-electron chi connectivity index (χ0n) is 12.3. The molecule has 112 valence electrons. The molecular formula is C17H18N4O. The minimum Gasteiger partial charge on any atom is -0.467 e. The lowest BCUT2D eigenvalue weighted by Gasteiger charge is -2.17. The van der Waals surface area contributed by atoms with Crippen molar-refractivity contribution in [1.82, 2.24) is 9.97 Å². The first-order valence-electron chi connectivity index (χ1n) is 7.68. The van der Waals surface area contributed by atoms with Crippen LogP contribution in [0.2, 0.25) is 0 Å². The highest BCUT2D eigenvalue weighted by Gasteiger charge is 2.17. The van der Waals surface area contributed by atoms with Crippen LogP contribution in [-0.4, -0.2) is 23.1 Å². The second-order valence-electron chi connectivity index (χ2n) is 5.52. The van der Waals surface area contributed by atoms with Crippen LogP contribution in [-0.2, 0) is 6.54 Å². The Bertz CT molecular complexity index is 763. The number of hydrogen-bond acceptors (Lipinski definition) is 5. The van der Waals surface area contributed by atoms with E-state index in [1.165, 1.54) is 12.8 Å². The fourth-order valence-electron chi connectivity index (χ4n) is 2.84. The summed E-state index contributed by atoms with van der Waals surface area (Å²) in [6.07, 6.45) is 4.11. The number of aromatic nitrogens is 2. The van der Waals surface area contributed by atoms with Crippen LogP contribution < -0.4 is 10.2 Å². The van der Waals surface area contributed by atoms with E-state index >= 15 is 0 Å². The topological polar surface area (TPSA) is 54.2 Å². The number of nitrogens with one attached hydrogen (secondary N) is 1. The highest BCUT2D eigenvalue weighted by molar-refractivity contribution is 5.90. The van der Waals surface area contributed by atoms with E-state index in [4.69, 9.17) is 14.4 Å². The first-order chi connectivity index (χ1) is 10.9. The Kier molecular flexibility index (Phi) is 3.39. The predicted octanol–water partition coefficient (Wildman–Crippen LogP) is 3.44.